The van der Waals surface area contributed by atoms with E-state index in [1.165, 1.54) is 24.3 Å². The molecule has 0 unspecified atom stereocenters. The standard InChI is InChI=1S/C13H9ClFNO4/c14-11-6-10(3-1-8(11)7-17)20-13-4-2-9(15)5-12(13)16(18)19/h1-6,17H,7H2. The molecular weight excluding hydrogens is 289 g/mol. The van der Waals surface area contributed by atoms with Crippen molar-refractivity contribution in [2.75, 3.05) is 0 Å². The molecule has 0 fully saturated rings. The van der Waals surface area contributed by atoms with Gasteiger partial charge < -0.3 is 9.84 Å². The number of benzene rings is 2. The lowest BCUT2D eigenvalue weighted by atomic mass is 10.2. The fourth-order valence-corrected chi connectivity index (χ4v) is 1.80. The van der Waals surface area contributed by atoms with Gasteiger partial charge in [-0.25, -0.2) is 4.39 Å². The Hall–Kier alpha value is -2.18. The maximum absolute atomic E-state index is 13.0. The van der Waals surface area contributed by atoms with Crippen LogP contribution in [0.2, 0.25) is 5.02 Å². The smallest absolute Gasteiger partial charge is 0.314 e. The number of aliphatic hydroxyl groups excluding tert-OH is 1. The summed E-state index contributed by atoms with van der Waals surface area (Å²) in [7, 11) is 0. The molecule has 2 rings (SSSR count). The van der Waals surface area contributed by atoms with Crippen molar-refractivity contribution < 1.29 is 19.2 Å². The minimum Gasteiger partial charge on any atom is -0.450 e. The fraction of sp³-hybridized carbons (Fsp3) is 0.0769. The number of aliphatic hydroxyl groups is 1. The van der Waals surface area contributed by atoms with E-state index in [2.05, 4.69) is 0 Å². The topological polar surface area (TPSA) is 72.6 Å². The monoisotopic (exact) mass is 297 g/mol. The highest BCUT2D eigenvalue weighted by atomic mass is 35.5. The highest BCUT2D eigenvalue weighted by molar-refractivity contribution is 6.31. The second kappa shape index (κ2) is 5.85. The van der Waals surface area contributed by atoms with E-state index in [1.807, 2.05) is 0 Å². The molecule has 104 valence electrons. The number of nitrogens with zero attached hydrogens (tertiary/aromatic N) is 1. The van der Waals surface area contributed by atoms with Gasteiger partial charge in [0.1, 0.15) is 11.6 Å². The molecular formula is C13H9ClFNO4. The fourth-order valence-electron chi connectivity index (χ4n) is 1.57. The second-order valence-corrected chi connectivity index (χ2v) is 4.29. The molecule has 2 aromatic carbocycles. The highest BCUT2D eigenvalue weighted by Crippen LogP contribution is 2.33. The Morgan fingerprint density at radius 1 is 1.30 bits per heavy atom. The van der Waals surface area contributed by atoms with Gasteiger partial charge in [-0.05, 0) is 29.8 Å². The summed E-state index contributed by atoms with van der Waals surface area (Å²) in [5, 5.41) is 20.1. The quantitative estimate of drug-likeness (QED) is 0.690. The second-order valence-electron chi connectivity index (χ2n) is 3.88. The summed E-state index contributed by atoms with van der Waals surface area (Å²) < 4.78 is 18.3. The Balaban J connectivity index is 2.35. The number of ether oxygens (including phenoxy) is 1. The first-order valence-corrected chi connectivity index (χ1v) is 5.90. The van der Waals surface area contributed by atoms with Crippen LogP contribution >= 0.6 is 11.6 Å². The van der Waals surface area contributed by atoms with Crippen molar-refractivity contribution >= 4 is 17.3 Å². The highest BCUT2D eigenvalue weighted by Gasteiger charge is 2.17. The van der Waals surface area contributed by atoms with Gasteiger partial charge in [-0.15, -0.1) is 0 Å². The van der Waals surface area contributed by atoms with Gasteiger partial charge in [-0.3, -0.25) is 10.1 Å². The molecule has 0 aliphatic rings. The van der Waals surface area contributed by atoms with E-state index in [4.69, 9.17) is 21.4 Å². The Labute approximate surface area is 118 Å². The first kappa shape index (κ1) is 14.2. The Morgan fingerprint density at radius 2 is 2.05 bits per heavy atom. The maximum Gasteiger partial charge on any atom is 0.314 e. The molecule has 0 spiro atoms. The van der Waals surface area contributed by atoms with Crippen LogP contribution in [0.5, 0.6) is 11.5 Å². The summed E-state index contributed by atoms with van der Waals surface area (Å²) in [6.45, 7) is -0.226. The van der Waals surface area contributed by atoms with Gasteiger partial charge in [0.2, 0.25) is 5.75 Å². The molecule has 0 aromatic heterocycles. The molecule has 0 saturated heterocycles. The number of halogens is 2. The zero-order valence-corrected chi connectivity index (χ0v) is 10.8. The average molecular weight is 298 g/mol. The van der Waals surface area contributed by atoms with Crippen LogP contribution in [0, 0.1) is 15.9 Å². The normalized spacial score (nSPS) is 10.3. The lowest BCUT2D eigenvalue weighted by molar-refractivity contribution is -0.385. The van der Waals surface area contributed by atoms with E-state index in [1.54, 1.807) is 0 Å². The van der Waals surface area contributed by atoms with E-state index in [0.29, 0.717) is 5.56 Å². The molecule has 5 nitrogen and oxygen atoms in total. The van der Waals surface area contributed by atoms with E-state index in [0.717, 1.165) is 12.1 Å². The van der Waals surface area contributed by atoms with Crippen molar-refractivity contribution in [1.29, 1.82) is 0 Å². The van der Waals surface area contributed by atoms with Crippen molar-refractivity contribution in [3.05, 3.63) is 62.9 Å². The minimum atomic E-state index is -0.734. The van der Waals surface area contributed by atoms with Gasteiger partial charge in [-0.1, -0.05) is 17.7 Å². The third-order valence-electron chi connectivity index (χ3n) is 2.54. The van der Waals surface area contributed by atoms with Crippen LogP contribution in [0.15, 0.2) is 36.4 Å². The van der Waals surface area contributed by atoms with E-state index < -0.39 is 16.4 Å². The first-order valence-electron chi connectivity index (χ1n) is 5.52. The van der Waals surface area contributed by atoms with Crippen molar-refractivity contribution in [2.45, 2.75) is 6.61 Å². The van der Waals surface area contributed by atoms with Crippen molar-refractivity contribution in [1.82, 2.24) is 0 Å². The number of hydrogen-bond acceptors (Lipinski definition) is 4. The molecule has 0 bridgehead atoms. The van der Waals surface area contributed by atoms with Crippen LogP contribution in [0.4, 0.5) is 10.1 Å². The number of hydrogen-bond donors (Lipinski definition) is 1. The molecule has 0 radical (unpaired) electrons. The van der Waals surface area contributed by atoms with Crippen molar-refractivity contribution in [3.8, 4) is 11.5 Å². The third kappa shape index (κ3) is 3.04. The SMILES string of the molecule is O=[N+]([O-])c1cc(F)ccc1Oc1ccc(CO)c(Cl)c1. The minimum absolute atomic E-state index is 0.0933. The van der Waals surface area contributed by atoms with Crippen LogP contribution in [0.25, 0.3) is 0 Å². The van der Waals surface area contributed by atoms with E-state index in [9.17, 15) is 14.5 Å². The number of nitro benzene ring substituents is 1. The first-order chi connectivity index (χ1) is 9.51. The Kier molecular flexibility index (Phi) is 4.16. The molecule has 20 heavy (non-hydrogen) atoms. The number of rotatable bonds is 4. The average Bonchev–Trinajstić information content (AvgIpc) is 2.41. The molecule has 1 N–H and O–H groups in total. The Bertz CT molecular complexity index is 663. The summed E-state index contributed by atoms with van der Waals surface area (Å²) in [6, 6.07) is 7.46. The van der Waals surface area contributed by atoms with E-state index >= 15 is 0 Å². The van der Waals surface area contributed by atoms with Crippen molar-refractivity contribution in [3.63, 3.8) is 0 Å². The van der Waals surface area contributed by atoms with Crippen LogP contribution in [0.1, 0.15) is 5.56 Å². The molecule has 0 heterocycles. The number of nitro groups is 1. The molecule has 0 aliphatic carbocycles. The summed E-state index contributed by atoms with van der Waals surface area (Å²) in [4.78, 5) is 10.1. The van der Waals surface area contributed by atoms with Gasteiger partial charge in [0.25, 0.3) is 0 Å². The lowest BCUT2D eigenvalue weighted by Gasteiger charge is -2.08. The van der Waals surface area contributed by atoms with Crippen LogP contribution in [0.3, 0.4) is 0 Å². The predicted octanol–water partition coefficient (Wildman–Crippen LogP) is 3.67. The zero-order valence-electron chi connectivity index (χ0n) is 10.0. The summed E-state index contributed by atoms with van der Waals surface area (Å²) in [5.74, 6) is -0.566. The summed E-state index contributed by atoms with van der Waals surface area (Å²) in [6.07, 6.45) is 0. The van der Waals surface area contributed by atoms with Crippen molar-refractivity contribution in [2.24, 2.45) is 0 Å². The Morgan fingerprint density at radius 3 is 2.65 bits per heavy atom. The largest absolute Gasteiger partial charge is 0.450 e. The van der Waals surface area contributed by atoms with Crippen LogP contribution < -0.4 is 4.74 Å². The summed E-state index contributed by atoms with van der Waals surface area (Å²) >= 11 is 5.89. The predicted molar refractivity (Wildman–Crippen MR) is 70.5 cm³/mol. The van der Waals surface area contributed by atoms with E-state index in [-0.39, 0.29) is 23.1 Å². The summed E-state index contributed by atoms with van der Waals surface area (Å²) in [5.41, 5.74) is 0.0278. The van der Waals surface area contributed by atoms with Crippen LogP contribution in [-0.4, -0.2) is 10.0 Å². The molecule has 0 amide bonds. The van der Waals surface area contributed by atoms with Gasteiger partial charge in [-0.2, -0.15) is 0 Å². The van der Waals surface area contributed by atoms with Gasteiger partial charge in [0.15, 0.2) is 0 Å². The van der Waals surface area contributed by atoms with Gasteiger partial charge >= 0.3 is 5.69 Å². The molecule has 0 atom stereocenters. The third-order valence-corrected chi connectivity index (χ3v) is 2.89. The molecule has 7 heteroatoms. The van der Waals surface area contributed by atoms with Gasteiger partial charge in [0, 0.05) is 5.02 Å². The molecule has 2 aromatic rings. The maximum atomic E-state index is 13.0. The van der Waals surface area contributed by atoms with Crippen LogP contribution in [-0.2, 0) is 6.61 Å². The zero-order chi connectivity index (χ0) is 14.7. The molecule has 0 saturated carbocycles. The van der Waals surface area contributed by atoms with Gasteiger partial charge in [0.05, 0.1) is 17.6 Å². The molecule has 0 aliphatic heterocycles. The lowest BCUT2D eigenvalue weighted by Crippen LogP contribution is -1.95.